The first-order valence-corrected chi connectivity index (χ1v) is 9.09. The first-order chi connectivity index (χ1) is 12.1. The molecule has 1 amide bonds. The number of carbonyl (C=O) groups is 1. The van der Waals surface area contributed by atoms with Gasteiger partial charge in [0.2, 0.25) is 0 Å². The number of amidine groups is 1. The molecule has 25 heavy (non-hydrogen) atoms. The molecule has 4 rings (SSSR count). The van der Waals surface area contributed by atoms with E-state index in [1.807, 2.05) is 24.3 Å². The molecule has 0 N–H and O–H groups in total. The molecule has 0 fully saturated rings. The molecule has 0 saturated carbocycles. The second-order valence-corrected chi connectivity index (χ2v) is 7.13. The summed E-state index contributed by atoms with van der Waals surface area (Å²) in [5, 5.41) is 7.73. The highest BCUT2D eigenvalue weighted by Crippen LogP contribution is 2.36. The van der Waals surface area contributed by atoms with E-state index in [0.717, 1.165) is 16.8 Å². The molecular formula is C18H13ClFN3OS. The number of carbonyl (C=O) groups excluding carboxylic acids is 1. The van der Waals surface area contributed by atoms with Crippen LogP contribution < -0.4 is 0 Å². The van der Waals surface area contributed by atoms with Gasteiger partial charge in [0.25, 0.3) is 5.91 Å². The van der Waals surface area contributed by atoms with E-state index in [-0.39, 0.29) is 17.8 Å². The Morgan fingerprint density at radius 3 is 2.48 bits per heavy atom. The van der Waals surface area contributed by atoms with Crippen LogP contribution >= 0.6 is 23.4 Å². The molecule has 0 aliphatic carbocycles. The maximum atomic E-state index is 13.2. The molecule has 1 unspecified atom stereocenters. The lowest BCUT2D eigenvalue weighted by molar-refractivity contribution is -0.115. The third-order valence-electron chi connectivity index (χ3n) is 4.08. The first-order valence-electron chi connectivity index (χ1n) is 7.72. The molecule has 2 aromatic carbocycles. The smallest absolute Gasteiger partial charge is 0.258 e. The third kappa shape index (κ3) is 3.32. The largest absolute Gasteiger partial charge is 0.272 e. The van der Waals surface area contributed by atoms with Crippen LogP contribution in [0.2, 0.25) is 5.02 Å². The standard InChI is InChI=1S/C18H13ClFN3OS/c19-13-5-1-12(2-6-13)16-9-15(11-3-7-14(20)8-4-11)22-23(16)18-21-17(24)10-25-18/h1-8,16H,9-10H2. The maximum absolute atomic E-state index is 13.2. The van der Waals surface area contributed by atoms with Gasteiger partial charge in [-0.1, -0.05) is 47.6 Å². The van der Waals surface area contributed by atoms with Crippen molar-refractivity contribution in [2.45, 2.75) is 12.5 Å². The molecular weight excluding hydrogens is 361 g/mol. The number of benzene rings is 2. The monoisotopic (exact) mass is 373 g/mol. The Bertz CT molecular complexity index is 880. The van der Waals surface area contributed by atoms with Gasteiger partial charge in [-0.2, -0.15) is 10.1 Å². The Labute approximate surface area is 153 Å². The van der Waals surface area contributed by atoms with Gasteiger partial charge in [0, 0.05) is 11.4 Å². The molecule has 126 valence electrons. The van der Waals surface area contributed by atoms with Crippen molar-refractivity contribution in [3.05, 3.63) is 70.5 Å². The van der Waals surface area contributed by atoms with Gasteiger partial charge < -0.3 is 0 Å². The number of rotatable bonds is 2. The van der Waals surface area contributed by atoms with Gasteiger partial charge in [-0.25, -0.2) is 9.40 Å². The van der Waals surface area contributed by atoms with Crippen molar-refractivity contribution in [3.63, 3.8) is 0 Å². The van der Waals surface area contributed by atoms with E-state index in [1.165, 1.54) is 23.9 Å². The predicted molar refractivity (Wildman–Crippen MR) is 98.5 cm³/mol. The summed E-state index contributed by atoms with van der Waals surface area (Å²) in [4.78, 5) is 15.6. The lowest BCUT2D eigenvalue weighted by Gasteiger charge is -2.22. The van der Waals surface area contributed by atoms with Crippen molar-refractivity contribution in [3.8, 4) is 0 Å². The molecule has 2 heterocycles. The van der Waals surface area contributed by atoms with E-state index < -0.39 is 0 Å². The summed E-state index contributed by atoms with van der Waals surface area (Å²) in [6.07, 6.45) is 0.640. The van der Waals surface area contributed by atoms with E-state index in [4.69, 9.17) is 11.6 Å². The van der Waals surface area contributed by atoms with Crippen LogP contribution in [0.3, 0.4) is 0 Å². The van der Waals surface area contributed by atoms with Crippen molar-refractivity contribution in [1.82, 2.24) is 5.01 Å². The zero-order valence-corrected chi connectivity index (χ0v) is 14.6. The minimum Gasteiger partial charge on any atom is -0.272 e. The van der Waals surface area contributed by atoms with E-state index in [1.54, 1.807) is 17.1 Å². The van der Waals surface area contributed by atoms with Crippen LogP contribution in [0.4, 0.5) is 4.39 Å². The summed E-state index contributed by atoms with van der Waals surface area (Å²) in [5.74, 6) is -0.101. The van der Waals surface area contributed by atoms with Crippen LogP contribution in [0.1, 0.15) is 23.6 Å². The molecule has 0 spiro atoms. The molecule has 0 saturated heterocycles. The normalized spacial score (nSPS) is 20.0. The van der Waals surface area contributed by atoms with Gasteiger partial charge in [-0.05, 0) is 35.4 Å². The number of hydrogen-bond acceptors (Lipinski definition) is 4. The average molecular weight is 374 g/mol. The SMILES string of the molecule is O=C1CSC(N2N=C(c3ccc(F)cc3)CC2c2ccc(Cl)cc2)=N1. The van der Waals surface area contributed by atoms with Crippen LogP contribution in [0, 0.1) is 5.82 Å². The minimum atomic E-state index is -0.283. The predicted octanol–water partition coefficient (Wildman–Crippen LogP) is 4.26. The molecule has 1 atom stereocenters. The van der Waals surface area contributed by atoms with Gasteiger partial charge in [0.15, 0.2) is 5.17 Å². The van der Waals surface area contributed by atoms with Crippen molar-refractivity contribution in [1.29, 1.82) is 0 Å². The summed E-state index contributed by atoms with van der Waals surface area (Å²) in [5.41, 5.74) is 2.73. The number of aliphatic imine (C=N–C) groups is 1. The van der Waals surface area contributed by atoms with E-state index in [9.17, 15) is 9.18 Å². The molecule has 0 aromatic heterocycles. The lowest BCUT2D eigenvalue weighted by atomic mass is 9.99. The molecule has 7 heteroatoms. The van der Waals surface area contributed by atoms with Crippen LogP contribution in [-0.4, -0.2) is 27.5 Å². The summed E-state index contributed by atoms with van der Waals surface area (Å²) < 4.78 is 13.2. The number of hydrazone groups is 1. The van der Waals surface area contributed by atoms with E-state index in [0.29, 0.717) is 22.4 Å². The second-order valence-electron chi connectivity index (χ2n) is 5.75. The quantitative estimate of drug-likeness (QED) is 0.790. The van der Waals surface area contributed by atoms with Crippen molar-refractivity contribution in [2.75, 3.05) is 5.75 Å². The van der Waals surface area contributed by atoms with Crippen LogP contribution in [0.5, 0.6) is 0 Å². The fraction of sp³-hybridized carbons (Fsp3) is 0.167. The Balaban J connectivity index is 1.71. The summed E-state index contributed by atoms with van der Waals surface area (Å²) in [7, 11) is 0. The highest BCUT2D eigenvalue weighted by molar-refractivity contribution is 8.14. The van der Waals surface area contributed by atoms with Gasteiger partial charge in [-0.15, -0.1) is 0 Å². The summed E-state index contributed by atoms with van der Waals surface area (Å²) >= 11 is 7.37. The zero-order chi connectivity index (χ0) is 17.4. The fourth-order valence-electron chi connectivity index (χ4n) is 2.86. The Hall–Kier alpha value is -2.18. The number of thioether (sulfide) groups is 1. The second kappa shape index (κ2) is 6.61. The molecule has 0 radical (unpaired) electrons. The maximum Gasteiger partial charge on any atom is 0.258 e. The Morgan fingerprint density at radius 1 is 1.12 bits per heavy atom. The Morgan fingerprint density at radius 2 is 1.84 bits per heavy atom. The molecule has 2 aliphatic heterocycles. The van der Waals surface area contributed by atoms with Gasteiger partial charge in [-0.3, -0.25) is 4.79 Å². The highest BCUT2D eigenvalue weighted by Gasteiger charge is 2.34. The van der Waals surface area contributed by atoms with E-state index >= 15 is 0 Å². The third-order valence-corrected chi connectivity index (χ3v) is 5.26. The zero-order valence-electron chi connectivity index (χ0n) is 13.0. The van der Waals surface area contributed by atoms with Crippen LogP contribution in [0.25, 0.3) is 0 Å². The number of amides is 1. The first kappa shape index (κ1) is 16.3. The van der Waals surface area contributed by atoms with Gasteiger partial charge in [0.05, 0.1) is 17.5 Å². The number of halogens is 2. The molecule has 2 aromatic rings. The number of nitrogens with zero attached hydrogens (tertiary/aromatic N) is 3. The molecule has 4 nitrogen and oxygen atoms in total. The molecule has 2 aliphatic rings. The summed E-state index contributed by atoms with van der Waals surface area (Å²) in [6, 6.07) is 13.8. The number of hydrogen-bond donors (Lipinski definition) is 0. The van der Waals surface area contributed by atoms with E-state index in [2.05, 4.69) is 10.1 Å². The molecule has 0 bridgehead atoms. The summed E-state index contributed by atoms with van der Waals surface area (Å²) in [6.45, 7) is 0. The fourth-order valence-corrected chi connectivity index (χ4v) is 3.77. The van der Waals surface area contributed by atoms with Gasteiger partial charge >= 0.3 is 0 Å². The van der Waals surface area contributed by atoms with Crippen LogP contribution in [-0.2, 0) is 4.79 Å². The lowest BCUT2D eigenvalue weighted by Crippen LogP contribution is -2.23. The average Bonchev–Trinajstić information content (AvgIpc) is 3.23. The van der Waals surface area contributed by atoms with Crippen molar-refractivity contribution < 1.29 is 9.18 Å². The van der Waals surface area contributed by atoms with Gasteiger partial charge in [0.1, 0.15) is 5.82 Å². The Kier molecular flexibility index (Phi) is 4.31. The van der Waals surface area contributed by atoms with Crippen molar-refractivity contribution in [2.24, 2.45) is 10.1 Å². The van der Waals surface area contributed by atoms with Crippen molar-refractivity contribution >= 4 is 40.1 Å². The van der Waals surface area contributed by atoms with Crippen LogP contribution in [0.15, 0.2) is 58.6 Å². The topological polar surface area (TPSA) is 45.0 Å². The minimum absolute atomic E-state index is 0.0746. The highest BCUT2D eigenvalue weighted by atomic mass is 35.5.